The summed E-state index contributed by atoms with van der Waals surface area (Å²) < 4.78 is 0. The van der Waals surface area contributed by atoms with Crippen LogP contribution in [0.15, 0.2) is 146 Å². The predicted molar refractivity (Wildman–Crippen MR) is 201 cm³/mol. The van der Waals surface area contributed by atoms with E-state index >= 15 is 0 Å². The molecule has 0 atom stereocenters. The maximum Gasteiger partial charge on any atom is 0.185 e. The summed E-state index contributed by atoms with van der Waals surface area (Å²) in [5, 5.41) is 7.48. The Morgan fingerprint density at radius 2 is 0.702 bits per heavy atom. The second-order valence-corrected chi connectivity index (χ2v) is 12.8. The quantitative estimate of drug-likeness (QED) is 0.105. The summed E-state index contributed by atoms with van der Waals surface area (Å²) >= 11 is 0. The van der Waals surface area contributed by atoms with Crippen LogP contribution in [-0.4, -0.2) is 5.78 Å². The molecule has 0 amide bonds. The van der Waals surface area contributed by atoms with Crippen LogP contribution in [0.2, 0.25) is 0 Å². The second-order valence-electron chi connectivity index (χ2n) is 12.8. The summed E-state index contributed by atoms with van der Waals surface area (Å²) in [6.45, 7) is 10.1. The van der Waals surface area contributed by atoms with Gasteiger partial charge in [0, 0.05) is 5.56 Å². The lowest BCUT2D eigenvalue weighted by molar-refractivity contribution is 0.104. The van der Waals surface area contributed by atoms with Crippen LogP contribution in [0.3, 0.4) is 0 Å². The van der Waals surface area contributed by atoms with Crippen LogP contribution in [0.25, 0.3) is 76.8 Å². The Morgan fingerprint density at radius 3 is 0.979 bits per heavy atom. The van der Waals surface area contributed by atoms with E-state index in [0.717, 1.165) is 11.1 Å². The largest absolute Gasteiger partial charge is 0.289 e. The van der Waals surface area contributed by atoms with Gasteiger partial charge < -0.3 is 0 Å². The number of carbonyl (C=O) groups is 1. The van der Waals surface area contributed by atoms with E-state index in [9.17, 15) is 4.79 Å². The molecule has 0 saturated carbocycles. The summed E-state index contributed by atoms with van der Waals surface area (Å²) in [4.78, 5) is 12.4. The van der Waals surface area contributed by atoms with E-state index < -0.39 is 0 Å². The molecule has 8 rings (SSSR count). The van der Waals surface area contributed by atoms with Crippen molar-refractivity contribution < 1.29 is 4.79 Å². The first kappa shape index (κ1) is 28.7. The van der Waals surface area contributed by atoms with Crippen molar-refractivity contribution >= 4 is 38.1 Å². The van der Waals surface area contributed by atoms with Gasteiger partial charge in [0.15, 0.2) is 5.78 Å². The Hall–Kier alpha value is -5.79. The third-order valence-corrected chi connectivity index (χ3v) is 9.65. The zero-order chi connectivity index (χ0) is 32.2. The Morgan fingerprint density at radius 1 is 0.426 bits per heavy atom. The molecule has 0 bridgehead atoms. The van der Waals surface area contributed by atoms with Gasteiger partial charge in [0.25, 0.3) is 0 Å². The first-order valence-corrected chi connectivity index (χ1v) is 16.2. The lowest BCUT2D eigenvalue weighted by atomic mass is 9.81. The van der Waals surface area contributed by atoms with Crippen LogP contribution in [0.4, 0.5) is 0 Å². The summed E-state index contributed by atoms with van der Waals surface area (Å²) in [6.07, 6.45) is 1.37. The number of rotatable bonds is 6. The molecule has 0 fully saturated rings. The maximum atomic E-state index is 12.4. The van der Waals surface area contributed by atoms with Crippen LogP contribution >= 0.6 is 0 Å². The second kappa shape index (κ2) is 11.2. The van der Waals surface area contributed by atoms with Gasteiger partial charge in [0.2, 0.25) is 0 Å². The van der Waals surface area contributed by atoms with Crippen molar-refractivity contribution in [3.05, 3.63) is 168 Å². The van der Waals surface area contributed by atoms with Crippen molar-refractivity contribution in [1.82, 2.24) is 0 Å². The van der Waals surface area contributed by atoms with Crippen molar-refractivity contribution in [3.63, 3.8) is 0 Å². The fraction of sp³-hybridized carbons (Fsp3) is 0.0652. The highest BCUT2D eigenvalue weighted by molar-refractivity contribution is 6.32. The van der Waals surface area contributed by atoms with Crippen LogP contribution in [-0.2, 0) is 0 Å². The lowest BCUT2D eigenvalue weighted by Gasteiger charge is -2.21. The molecular formula is C46H34O. The molecule has 0 unspecified atom stereocenters. The van der Waals surface area contributed by atoms with Gasteiger partial charge in [-0.05, 0) is 116 Å². The molecule has 0 aliphatic rings. The predicted octanol–water partition coefficient (Wildman–Crippen LogP) is 12.5. The van der Waals surface area contributed by atoms with E-state index in [1.54, 1.807) is 0 Å². The van der Waals surface area contributed by atoms with Gasteiger partial charge in [-0.3, -0.25) is 4.79 Å². The molecule has 0 aliphatic heterocycles. The third-order valence-electron chi connectivity index (χ3n) is 9.65. The zero-order valence-corrected chi connectivity index (χ0v) is 26.9. The minimum atomic E-state index is -0.0699. The van der Waals surface area contributed by atoms with Gasteiger partial charge in [-0.25, -0.2) is 0 Å². The average Bonchev–Trinajstić information content (AvgIpc) is 3.11. The molecule has 47 heavy (non-hydrogen) atoms. The molecule has 224 valence electrons. The molecular weight excluding hydrogens is 569 g/mol. The fourth-order valence-corrected chi connectivity index (χ4v) is 7.08. The maximum absolute atomic E-state index is 12.4. The summed E-state index contributed by atoms with van der Waals surface area (Å²) in [5.74, 6) is -0.0699. The summed E-state index contributed by atoms with van der Waals surface area (Å²) in [5.41, 5.74) is 13.9. The highest BCUT2D eigenvalue weighted by atomic mass is 16.1. The summed E-state index contributed by atoms with van der Waals surface area (Å²) in [7, 11) is 0. The van der Waals surface area contributed by atoms with Gasteiger partial charge in [-0.1, -0.05) is 145 Å². The molecule has 1 nitrogen and oxygen atoms in total. The molecule has 0 heterocycles. The summed E-state index contributed by atoms with van der Waals surface area (Å²) in [6, 6.07) is 48.5. The van der Waals surface area contributed by atoms with Gasteiger partial charge in [0.1, 0.15) is 0 Å². The molecule has 8 aromatic carbocycles. The minimum Gasteiger partial charge on any atom is -0.289 e. The van der Waals surface area contributed by atoms with Crippen molar-refractivity contribution in [1.29, 1.82) is 0 Å². The first-order chi connectivity index (χ1) is 22.9. The van der Waals surface area contributed by atoms with Gasteiger partial charge >= 0.3 is 0 Å². The molecule has 0 aliphatic carbocycles. The molecule has 0 aromatic heterocycles. The van der Waals surface area contributed by atoms with Crippen LogP contribution in [0.5, 0.6) is 0 Å². The fourth-order valence-electron chi connectivity index (χ4n) is 7.08. The normalized spacial score (nSPS) is 11.5. The van der Waals surface area contributed by atoms with Gasteiger partial charge in [-0.15, -0.1) is 0 Å². The van der Waals surface area contributed by atoms with E-state index in [1.807, 2.05) is 12.1 Å². The molecule has 0 N–H and O–H groups in total. The van der Waals surface area contributed by atoms with E-state index in [4.69, 9.17) is 0 Å². The number of hydrogen-bond acceptors (Lipinski definition) is 1. The zero-order valence-electron chi connectivity index (χ0n) is 26.9. The van der Waals surface area contributed by atoms with Crippen molar-refractivity contribution in [2.75, 3.05) is 0 Å². The minimum absolute atomic E-state index is 0.0699. The van der Waals surface area contributed by atoms with E-state index in [-0.39, 0.29) is 5.78 Å². The highest BCUT2D eigenvalue weighted by Gasteiger charge is 2.21. The number of ketones is 1. The average molecular weight is 603 g/mol. The van der Waals surface area contributed by atoms with Crippen molar-refractivity contribution in [2.45, 2.75) is 20.8 Å². The monoisotopic (exact) mass is 602 g/mol. The Kier molecular flexibility index (Phi) is 6.85. The molecule has 1 heteroatoms. The Labute approximate surface area is 275 Å². The molecule has 0 radical (unpaired) electrons. The van der Waals surface area contributed by atoms with Crippen molar-refractivity contribution in [3.8, 4) is 44.5 Å². The third kappa shape index (κ3) is 4.83. The molecule has 0 spiro atoms. The number of benzene rings is 8. The first-order valence-electron chi connectivity index (χ1n) is 16.2. The van der Waals surface area contributed by atoms with Crippen LogP contribution < -0.4 is 0 Å². The van der Waals surface area contributed by atoms with E-state index in [0.29, 0.717) is 5.56 Å². The van der Waals surface area contributed by atoms with Crippen LogP contribution in [0, 0.1) is 20.8 Å². The van der Waals surface area contributed by atoms with Crippen molar-refractivity contribution in [2.24, 2.45) is 0 Å². The highest BCUT2D eigenvalue weighted by Crippen LogP contribution is 2.48. The number of carbonyl (C=O) groups excluding carboxylic acids is 1. The van der Waals surface area contributed by atoms with Gasteiger partial charge in [-0.2, -0.15) is 0 Å². The Balaban J connectivity index is 1.52. The molecule has 8 aromatic rings. The van der Waals surface area contributed by atoms with Crippen LogP contribution in [0.1, 0.15) is 27.0 Å². The SMILES string of the molecule is C=CC(=O)c1ccc(-c2cc(-c3ccc(C)cc3)c3ccc4c(-c5ccc(C)cc5)cc(-c5ccc(C)cc5)c5ccc2c3c45)cc1. The van der Waals surface area contributed by atoms with E-state index in [1.165, 1.54) is 88.5 Å². The molecule has 0 saturated heterocycles. The number of aryl methyl sites for hydroxylation is 3. The smallest absolute Gasteiger partial charge is 0.185 e. The number of hydrogen-bond donors (Lipinski definition) is 0. The van der Waals surface area contributed by atoms with Gasteiger partial charge in [0.05, 0.1) is 0 Å². The standard InChI is InChI=1S/C46H34O/c1-5-44(47)35-20-18-34(19-21-35)43-27-42(33-16-10-30(4)11-17-33)38-23-22-36-40(31-12-6-28(2)7-13-31)26-41(32-14-8-29(3)9-15-32)37-24-25-39(43)46(38)45(36)37/h5-27H,1H2,2-4H3. The Bertz CT molecular complexity index is 2400. The number of allylic oxidation sites excluding steroid dienone is 1. The van der Waals surface area contributed by atoms with E-state index in [2.05, 4.69) is 149 Å². The topological polar surface area (TPSA) is 17.1 Å². The lowest BCUT2D eigenvalue weighted by Crippen LogP contribution is -1.95.